The van der Waals surface area contributed by atoms with Crippen LogP contribution in [0.1, 0.15) is 31.1 Å². The molecule has 2 aromatic heterocycles. The number of benzene rings is 1. The molecule has 120 valence electrons. The summed E-state index contributed by atoms with van der Waals surface area (Å²) in [4.78, 5) is 18.2. The second kappa shape index (κ2) is 5.89. The topological polar surface area (TPSA) is 84.4 Å². The van der Waals surface area contributed by atoms with Crippen molar-refractivity contribution in [2.45, 2.75) is 26.9 Å². The largest absolute Gasteiger partial charge is 0.512 e. The molecule has 0 fully saturated rings. The van der Waals surface area contributed by atoms with Gasteiger partial charge in [-0.1, -0.05) is 12.1 Å². The molecule has 2 N–H and O–H groups in total. The molecule has 2 heterocycles. The van der Waals surface area contributed by atoms with E-state index in [-0.39, 0.29) is 12.0 Å². The molecule has 0 saturated heterocycles. The highest BCUT2D eigenvalue weighted by molar-refractivity contribution is 6.11. The maximum Gasteiger partial charge on any atom is 0.512 e. The summed E-state index contributed by atoms with van der Waals surface area (Å²) >= 11 is 0. The molecule has 0 radical (unpaired) electrons. The van der Waals surface area contributed by atoms with Gasteiger partial charge in [-0.15, -0.1) is 0 Å². The normalized spacial score (nSPS) is 12.7. The second-order valence-corrected chi connectivity index (χ2v) is 5.34. The number of carboxylic acid groups (broad SMARTS) is 1. The van der Waals surface area contributed by atoms with Crippen LogP contribution in [0.25, 0.3) is 21.8 Å². The number of pyridine rings is 1. The first-order valence-corrected chi connectivity index (χ1v) is 7.45. The number of H-pyrrole nitrogens is 1. The summed E-state index contributed by atoms with van der Waals surface area (Å²) in [5.41, 5.74) is 3.53. The van der Waals surface area contributed by atoms with Gasteiger partial charge in [-0.3, -0.25) is 0 Å². The Morgan fingerprint density at radius 3 is 2.83 bits per heavy atom. The van der Waals surface area contributed by atoms with E-state index in [1.54, 1.807) is 6.20 Å². The molecule has 0 spiro atoms. The van der Waals surface area contributed by atoms with Gasteiger partial charge >= 0.3 is 6.16 Å². The number of fused-ring (bicyclic) bond motifs is 3. The molecular formula is C17H18N2O4. The van der Waals surface area contributed by atoms with Crippen molar-refractivity contribution in [3.05, 3.63) is 35.5 Å². The Kier molecular flexibility index (Phi) is 3.92. The van der Waals surface area contributed by atoms with Crippen molar-refractivity contribution in [3.63, 3.8) is 0 Å². The Morgan fingerprint density at radius 1 is 1.35 bits per heavy atom. The minimum Gasteiger partial charge on any atom is -0.449 e. The Bertz CT molecular complexity index is 885. The van der Waals surface area contributed by atoms with E-state index in [1.165, 1.54) is 0 Å². The average molecular weight is 314 g/mol. The van der Waals surface area contributed by atoms with Crippen LogP contribution in [0.3, 0.4) is 0 Å². The first-order chi connectivity index (χ1) is 11.0. The van der Waals surface area contributed by atoms with Gasteiger partial charge in [-0.25, -0.2) is 9.78 Å². The molecule has 23 heavy (non-hydrogen) atoms. The smallest absolute Gasteiger partial charge is 0.449 e. The van der Waals surface area contributed by atoms with Crippen LogP contribution in [0.5, 0.6) is 5.88 Å². The lowest BCUT2D eigenvalue weighted by Gasteiger charge is -2.14. The summed E-state index contributed by atoms with van der Waals surface area (Å²) in [7, 11) is 0. The number of rotatable bonds is 4. The predicted octanol–water partition coefficient (Wildman–Crippen LogP) is 4.18. The van der Waals surface area contributed by atoms with E-state index < -0.39 is 6.16 Å². The lowest BCUT2D eigenvalue weighted by atomic mass is 10.0. The minimum atomic E-state index is -1.37. The number of aryl methyl sites for hydroxylation is 1. The van der Waals surface area contributed by atoms with E-state index in [9.17, 15) is 4.79 Å². The van der Waals surface area contributed by atoms with Crippen molar-refractivity contribution in [2.24, 2.45) is 0 Å². The van der Waals surface area contributed by atoms with Gasteiger partial charge in [-0.2, -0.15) is 0 Å². The summed E-state index contributed by atoms with van der Waals surface area (Å²) in [6, 6.07) is 5.97. The first kappa shape index (κ1) is 15.3. The molecule has 0 aliphatic heterocycles. The Hall–Kier alpha value is -2.60. The molecular weight excluding hydrogens is 296 g/mol. The van der Waals surface area contributed by atoms with Crippen LogP contribution in [0.15, 0.2) is 24.4 Å². The molecule has 0 aliphatic carbocycles. The number of carbonyl (C=O) groups is 1. The van der Waals surface area contributed by atoms with Gasteiger partial charge < -0.3 is 19.6 Å². The maximum atomic E-state index is 10.8. The van der Waals surface area contributed by atoms with Gasteiger partial charge in [0.15, 0.2) is 0 Å². The molecule has 6 heteroatoms. The fourth-order valence-electron chi connectivity index (χ4n) is 2.97. The number of aromatic nitrogens is 2. The van der Waals surface area contributed by atoms with E-state index in [0.29, 0.717) is 12.2 Å². The van der Waals surface area contributed by atoms with Crippen LogP contribution in [0, 0.1) is 6.92 Å². The predicted molar refractivity (Wildman–Crippen MR) is 87.0 cm³/mol. The number of hydrogen-bond donors (Lipinski definition) is 2. The van der Waals surface area contributed by atoms with E-state index >= 15 is 0 Å². The van der Waals surface area contributed by atoms with Gasteiger partial charge in [0.2, 0.25) is 5.88 Å². The molecule has 0 saturated carbocycles. The molecule has 0 aliphatic rings. The monoisotopic (exact) mass is 314 g/mol. The lowest BCUT2D eigenvalue weighted by molar-refractivity contribution is 0.0774. The van der Waals surface area contributed by atoms with Gasteiger partial charge in [0.05, 0.1) is 17.8 Å². The third kappa shape index (κ3) is 2.61. The SMILES string of the molecule is CCOC(C)c1cccc2[nH]c3cnc(OC(=O)O)c(C)c3c12. The van der Waals surface area contributed by atoms with Crippen molar-refractivity contribution in [1.82, 2.24) is 9.97 Å². The molecule has 3 aromatic rings. The van der Waals surface area contributed by atoms with Gasteiger partial charge in [0.25, 0.3) is 0 Å². The molecule has 3 rings (SSSR count). The molecule has 0 amide bonds. The van der Waals surface area contributed by atoms with Gasteiger partial charge in [0, 0.05) is 28.5 Å². The molecule has 6 nitrogen and oxygen atoms in total. The van der Waals surface area contributed by atoms with Crippen molar-refractivity contribution in [2.75, 3.05) is 6.61 Å². The summed E-state index contributed by atoms with van der Waals surface area (Å²) < 4.78 is 10.5. The number of hydrogen-bond acceptors (Lipinski definition) is 4. The molecule has 0 bridgehead atoms. The summed E-state index contributed by atoms with van der Waals surface area (Å²) in [5.74, 6) is 0.102. The Labute approximate surface area is 133 Å². The van der Waals surface area contributed by atoms with Crippen molar-refractivity contribution in [3.8, 4) is 5.88 Å². The summed E-state index contributed by atoms with van der Waals surface area (Å²) in [6.45, 7) is 6.39. The van der Waals surface area contributed by atoms with Crippen LogP contribution in [-0.2, 0) is 4.74 Å². The van der Waals surface area contributed by atoms with E-state index in [2.05, 4.69) is 9.97 Å². The quantitative estimate of drug-likeness (QED) is 0.706. The lowest BCUT2D eigenvalue weighted by Crippen LogP contribution is -2.06. The van der Waals surface area contributed by atoms with E-state index in [1.807, 2.05) is 39.0 Å². The van der Waals surface area contributed by atoms with Crippen molar-refractivity contribution >= 4 is 28.0 Å². The molecule has 1 aromatic carbocycles. The Balaban J connectivity index is 2.31. The highest BCUT2D eigenvalue weighted by Crippen LogP contribution is 2.36. The van der Waals surface area contributed by atoms with Crippen molar-refractivity contribution in [1.29, 1.82) is 0 Å². The number of aromatic amines is 1. The fourth-order valence-corrected chi connectivity index (χ4v) is 2.97. The number of nitrogens with zero attached hydrogens (tertiary/aromatic N) is 1. The molecule has 1 atom stereocenters. The number of ether oxygens (including phenoxy) is 2. The van der Waals surface area contributed by atoms with Gasteiger partial charge in [-0.05, 0) is 32.4 Å². The van der Waals surface area contributed by atoms with Crippen LogP contribution in [0.2, 0.25) is 0 Å². The van der Waals surface area contributed by atoms with E-state index in [0.717, 1.165) is 27.4 Å². The number of nitrogens with one attached hydrogen (secondary N) is 1. The van der Waals surface area contributed by atoms with E-state index in [4.69, 9.17) is 14.6 Å². The van der Waals surface area contributed by atoms with Crippen LogP contribution < -0.4 is 4.74 Å². The highest BCUT2D eigenvalue weighted by atomic mass is 16.7. The zero-order valence-electron chi connectivity index (χ0n) is 13.2. The Morgan fingerprint density at radius 2 is 2.13 bits per heavy atom. The maximum absolute atomic E-state index is 10.8. The van der Waals surface area contributed by atoms with Crippen LogP contribution >= 0.6 is 0 Å². The van der Waals surface area contributed by atoms with Crippen LogP contribution in [-0.4, -0.2) is 27.8 Å². The highest BCUT2D eigenvalue weighted by Gasteiger charge is 2.18. The van der Waals surface area contributed by atoms with Crippen LogP contribution in [0.4, 0.5) is 4.79 Å². The van der Waals surface area contributed by atoms with Crippen molar-refractivity contribution < 1.29 is 19.4 Å². The average Bonchev–Trinajstić information content (AvgIpc) is 2.89. The summed E-state index contributed by atoms with van der Waals surface area (Å²) in [5, 5.41) is 10.8. The first-order valence-electron chi connectivity index (χ1n) is 7.45. The third-order valence-corrected chi connectivity index (χ3v) is 3.93. The minimum absolute atomic E-state index is 0.0703. The fraction of sp³-hybridized carbons (Fsp3) is 0.294. The zero-order chi connectivity index (χ0) is 16.6. The molecule has 1 unspecified atom stereocenters. The zero-order valence-corrected chi connectivity index (χ0v) is 13.2. The van der Waals surface area contributed by atoms with Gasteiger partial charge in [0.1, 0.15) is 0 Å². The standard InChI is InChI=1S/C17H18N2O4/c1-4-22-10(3)11-6-5-7-12-15(11)14-9(2)16(23-17(20)21)18-8-13(14)19-12/h5-8,10,19H,4H2,1-3H3,(H,20,21). The third-order valence-electron chi connectivity index (χ3n) is 3.93. The summed E-state index contributed by atoms with van der Waals surface area (Å²) in [6.07, 6.45) is 0.150. The second-order valence-electron chi connectivity index (χ2n) is 5.34.